The van der Waals surface area contributed by atoms with Crippen LogP contribution in [0, 0.1) is 6.92 Å². The number of hydrogen-bond donors (Lipinski definition) is 1. The number of nitrogens with zero attached hydrogens (tertiary/aromatic N) is 1. The predicted octanol–water partition coefficient (Wildman–Crippen LogP) is 2.35. The number of morpholine rings is 1. The third-order valence-electron chi connectivity index (χ3n) is 4.38. The van der Waals surface area contributed by atoms with Crippen molar-refractivity contribution < 1.29 is 13.2 Å². The van der Waals surface area contributed by atoms with Gasteiger partial charge in [-0.15, -0.1) is 0 Å². The molecule has 1 unspecified atom stereocenters. The van der Waals surface area contributed by atoms with Gasteiger partial charge < -0.3 is 4.74 Å². The summed E-state index contributed by atoms with van der Waals surface area (Å²) in [7, 11) is -3.58. The van der Waals surface area contributed by atoms with E-state index in [2.05, 4.69) is 9.62 Å². The van der Waals surface area contributed by atoms with Gasteiger partial charge in [0.15, 0.2) is 0 Å². The van der Waals surface area contributed by atoms with Crippen molar-refractivity contribution in [2.24, 2.45) is 0 Å². The molecule has 1 saturated heterocycles. The average Bonchev–Trinajstić information content (AvgIpc) is 2.63. The van der Waals surface area contributed by atoms with E-state index in [1.807, 2.05) is 37.3 Å². The summed E-state index contributed by atoms with van der Waals surface area (Å²) in [6.07, 6.45) is 0. The first-order valence-corrected chi connectivity index (χ1v) is 9.97. The van der Waals surface area contributed by atoms with E-state index in [9.17, 15) is 8.42 Å². The summed E-state index contributed by atoms with van der Waals surface area (Å²) in [6, 6.07) is 16.2. The molecule has 0 aliphatic carbocycles. The van der Waals surface area contributed by atoms with Crippen LogP contribution in [0.4, 0.5) is 0 Å². The molecule has 1 atom stereocenters. The molecule has 1 N–H and O–H groups in total. The molecule has 1 aliphatic rings. The minimum Gasteiger partial charge on any atom is -0.379 e. The molecule has 2 aromatic carbocycles. The van der Waals surface area contributed by atoms with Crippen molar-refractivity contribution in [1.29, 1.82) is 0 Å². The fourth-order valence-corrected chi connectivity index (χ4v) is 4.14. The number of nitrogens with one attached hydrogen (secondary N) is 1. The van der Waals surface area contributed by atoms with Gasteiger partial charge in [-0.1, -0.05) is 48.0 Å². The van der Waals surface area contributed by atoms with Crippen LogP contribution in [0.25, 0.3) is 0 Å². The maximum atomic E-state index is 12.8. The van der Waals surface area contributed by atoms with Crippen molar-refractivity contribution in [1.82, 2.24) is 9.62 Å². The molecule has 0 aromatic heterocycles. The Hall–Kier alpha value is -1.73. The Balaban J connectivity index is 1.83. The van der Waals surface area contributed by atoms with E-state index in [1.54, 1.807) is 24.3 Å². The minimum atomic E-state index is -3.58. The van der Waals surface area contributed by atoms with Crippen molar-refractivity contribution in [3.05, 3.63) is 65.7 Å². The first kappa shape index (κ1) is 18.1. The molecule has 25 heavy (non-hydrogen) atoms. The van der Waals surface area contributed by atoms with Crippen LogP contribution in [0.15, 0.2) is 59.5 Å². The molecule has 0 amide bonds. The highest BCUT2D eigenvalue weighted by Gasteiger charge is 2.24. The van der Waals surface area contributed by atoms with Crippen molar-refractivity contribution in [3.63, 3.8) is 0 Å². The van der Waals surface area contributed by atoms with Gasteiger partial charge in [-0.3, -0.25) is 4.90 Å². The summed E-state index contributed by atoms with van der Waals surface area (Å²) in [6.45, 7) is 5.65. The summed E-state index contributed by atoms with van der Waals surface area (Å²) in [5.74, 6) is 0. The Morgan fingerprint density at radius 2 is 1.68 bits per heavy atom. The average molecular weight is 360 g/mol. The molecular weight excluding hydrogens is 336 g/mol. The van der Waals surface area contributed by atoms with Crippen LogP contribution < -0.4 is 4.72 Å². The standard InChI is InChI=1S/C19H24N2O3S/c1-16-7-9-17(10-8-16)19(15-21-11-13-24-14-12-21)20-25(22,23)18-5-3-2-4-6-18/h2-10,19-20H,11-15H2,1H3. The van der Waals surface area contributed by atoms with Gasteiger partial charge in [-0.2, -0.15) is 0 Å². The van der Waals surface area contributed by atoms with E-state index in [0.29, 0.717) is 19.8 Å². The Morgan fingerprint density at radius 3 is 2.32 bits per heavy atom. The summed E-state index contributed by atoms with van der Waals surface area (Å²) in [5, 5.41) is 0. The molecule has 1 heterocycles. The molecule has 5 nitrogen and oxygen atoms in total. The second kappa shape index (κ2) is 8.10. The maximum absolute atomic E-state index is 12.8. The lowest BCUT2D eigenvalue weighted by Gasteiger charge is -2.31. The molecule has 2 aromatic rings. The third-order valence-corrected chi connectivity index (χ3v) is 5.86. The number of sulfonamides is 1. The van der Waals surface area contributed by atoms with Crippen LogP contribution in [0.1, 0.15) is 17.2 Å². The number of aryl methyl sites for hydroxylation is 1. The highest BCUT2D eigenvalue weighted by atomic mass is 32.2. The molecule has 0 radical (unpaired) electrons. The van der Waals surface area contributed by atoms with Crippen LogP contribution in [0.5, 0.6) is 0 Å². The second-order valence-electron chi connectivity index (χ2n) is 6.31. The molecule has 3 rings (SSSR count). The van der Waals surface area contributed by atoms with Gasteiger partial charge in [-0.25, -0.2) is 13.1 Å². The van der Waals surface area contributed by atoms with E-state index in [-0.39, 0.29) is 10.9 Å². The molecule has 0 bridgehead atoms. The lowest BCUT2D eigenvalue weighted by Crippen LogP contribution is -2.43. The summed E-state index contributed by atoms with van der Waals surface area (Å²) >= 11 is 0. The Labute approximate surface area is 149 Å². The topological polar surface area (TPSA) is 58.6 Å². The van der Waals surface area contributed by atoms with E-state index in [0.717, 1.165) is 24.2 Å². The fraction of sp³-hybridized carbons (Fsp3) is 0.368. The predicted molar refractivity (Wildman–Crippen MR) is 97.9 cm³/mol. The van der Waals surface area contributed by atoms with Crippen LogP contribution in [0.2, 0.25) is 0 Å². The van der Waals surface area contributed by atoms with Gasteiger partial charge >= 0.3 is 0 Å². The summed E-state index contributed by atoms with van der Waals surface area (Å²) in [4.78, 5) is 2.52. The molecule has 1 fully saturated rings. The molecule has 1 aliphatic heterocycles. The zero-order valence-electron chi connectivity index (χ0n) is 14.4. The molecule has 6 heteroatoms. The van der Waals surface area contributed by atoms with Crippen LogP contribution in [-0.2, 0) is 14.8 Å². The lowest BCUT2D eigenvalue weighted by atomic mass is 10.1. The zero-order valence-corrected chi connectivity index (χ0v) is 15.2. The largest absolute Gasteiger partial charge is 0.379 e. The van der Waals surface area contributed by atoms with Crippen molar-refractivity contribution in [2.75, 3.05) is 32.8 Å². The molecule has 134 valence electrons. The number of benzene rings is 2. The lowest BCUT2D eigenvalue weighted by molar-refractivity contribution is 0.0345. The summed E-state index contributed by atoms with van der Waals surface area (Å²) in [5.41, 5.74) is 2.12. The smallest absolute Gasteiger partial charge is 0.241 e. The second-order valence-corrected chi connectivity index (χ2v) is 8.02. The Bertz CT molecular complexity index is 770. The van der Waals surface area contributed by atoms with E-state index < -0.39 is 10.0 Å². The Morgan fingerprint density at radius 1 is 1.04 bits per heavy atom. The molecule has 0 saturated carbocycles. The van der Waals surface area contributed by atoms with Gasteiger partial charge in [0.25, 0.3) is 0 Å². The van der Waals surface area contributed by atoms with Crippen LogP contribution in [-0.4, -0.2) is 46.2 Å². The van der Waals surface area contributed by atoms with Crippen LogP contribution in [0.3, 0.4) is 0 Å². The third kappa shape index (κ3) is 4.89. The Kier molecular flexibility index (Phi) is 5.86. The summed E-state index contributed by atoms with van der Waals surface area (Å²) < 4.78 is 33.8. The SMILES string of the molecule is Cc1ccc(C(CN2CCOCC2)NS(=O)(=O)c2ccccc2)cc1. The molecule has 0 spiro atoms. The number of hydrogen-bond acceptors (Lipinski definition) is 4. The van der Waals surface area contributed by atoms with Gasteiger partial charge in [0.2, 0.25) is 10.0 Å². The highest BCUT2D eigenvalue weighted by Crippen LogP contribution is 2.20. The van der Waals surface area contributed by atoms with Crippen molar-refractivity contribution in [3.8, 4) is 0 Å². The fourth-order valence-electron chi connectivity index (χ4n) is 2.91. The quantitative estimate of drug-likeness (QED) is 0.859. The first-order valence-electron chi connectivity index (χ1n) is 8.49. The first-order chi connectivity index (χ1) is 12.0. The highest BCUT2D eigenvalue weighted by molar-refractivity contribution is 7.89. The maximum Gasteiger partial charge on any atom is 0.241 e. The van der Waals surface area contributed by atoms with Gasteiger partial charge in [0, 0.05) is 19.6 Å². The van der Waals surface area contributed by atoms with Crippen molar-refractivity contribution in [2.45, 2.75) is 17.9 Å². The van der Waals surface area contributed by atoms with Crippen LogP contribution >= 0.6 is 0 Å². The van der Waals surface area contributed by atoms with Gasteiger partial charge in [-0.05, 0) is 24.6 Å². The minimum absolute atomic E-state index is 0.286. The van der Waals surface area contributed by atoms with E-state index >= 15 is 0 Å². The molecular formula is C19H24N2O3S. The monoisotopic (exact) mass is 360 g/mol. The van der Waals surface area contributed by atoms with Gasteiger partial charge in [0.05, 0.1) is 24.2 Å². The number of rotatable bonds is 6. The van der Waals surface area contributed by atoms with Gasteiger partial charge in [0.1, 0.15) is 0 Å². The van der Waals surface area contributed by atoms with E-state index in [4.69, 9.17) is 4.74 Å². The normalized spacial score (nSPS) is 17.3. The number of ether oxygens (including phenoxy) is 1. The van der Waals surface area contributed by atoms with E-state index in [1.165, 1.54) is 0 Å². The zero-order chi connectivity index (χ0) is 17.7. The van der Waals surface area contributed by atoms with Crippen molar-refractivity contribution >= 4 is 10.0 Å².